The molecule has 1 aliphatic carbocycles. The van der Waals surface area contributed by atoms with Gasteiger partial charge in [0.15, 0.2) is 11.5 Å². The van der Waals surface area contributed by atoms with Gasteiger partial charge in [0.25, 0.3) is 0 Å². The molecule has 7 heteroatoms. The average molecular weight is 377 g/mol. The highest BCUT2D eigenvalue weighted by molar-refractivity contribution is 5.99. The summed E-state index contributed by atoms with van der Waals surface area (Å²) in [6, 6.07) is 11.1. The molecule has 0 radical (unpaired) electrons. The van der Waals surface area contributed by atoms with Gasteiger partial charge < -0.3 is 9.30 Å². The summed E-state index contributed by atoms with van der Waals surface area (Å²) < 4.78 is 7.72. The second-order valence-electron chi connectivity index (χ2n) is 6.67. The van der Waals surface area contributed by atoms with Crippen LogP contribution < -0.4 is 4.74 Å². The molecule has 1 heterocycles. The van der Waals surface area contributed by atoms with E-state index in [9.17, 15) is 14.9 Å². The van der Waals surface area contributed by atoms with E-state index >= 15 is 0 Å². The number of nitro groups is 1. The van der Waals surface area contributed by atoms with Gasteiger partial charge in [-0.25, -0.2) is 4.98 Å². The summed E-state index contributed by atoms with van der Waals surface area (Å²) in [7, 11) is 0. The van der Waals surface area contributed by atoms with Gasteiger partial charge >= 0.3 is 5.69 Å². The number of para-hydroxylation sites is 1. The van der Waals surface area contributed by atoms with Crippen molar-refractivity contribution < 1.29 is 14.5 Å². The monoisotopic (exact) mass is 377 g/mol. The van der Waals surface area contributed by atoms with Crippen LogP contribution in [0.2, 0.25) is 0 Å². The lowest BCUT2D eigenvalue weighted by molar-refractivity contribution is -0.386. The van der Waals surface area contributed by atoms with Gasteiger partial charge in [-0.3, -0.25) is 14.9 Å². The van der Waals surface area contributed by atoms with Crippen LogP contribution >= 0.6 is 0 Å². The van der Waals surface area contributed by atoms with Gasteiger partial charge in [-0.2, -0.15) is 0 Å². The van der Waals surface area contributed by atoms with Gasteiger partial charge in [-0.1, -0.05) is 18.2 Å². The molecule has 2 aromatic carbocycles. The van der Waals surface area contributed by atoms with E-state index in [-0.39, 0.29) is 17.2 Å². The Morgan fingerprint density at radius 1 is 1.18 bits per heavy atom. The molecule has 0 unspecified atom stereocenters. The normalized spacial score (nSPS) is 13.2. The standard InChI is InChI=1S/C21H19N3O4/c25-19-7-3-5-17-16(19)8-9-20(21(17)24(26)27)28-13-10-15-4-1-2-6-18(15)23-12-11-22-14-23/h1-2,4,6,8-9,11-12,14H,3,5,7,10,13H2. The minimum Gasteiger partial charge on any atom is -0.486 e. The number of ether oxygens (including phenoxy) is 1. The average Bonchev–Trinajstić information content (AvgIpc) is 3.22. The number of ketones is 1. The summed E-state index contributed by atoms with van der Waals surface area (Å²) in [6.07, 6.45) is 7.49. The molecule has 0 spiro atoms. The SMILES string of the molecule is O=C1CCCc2c1ccc(OCCc1ccccc1-n1ccnc1)c2[N+](=O)[O-]. The molecule has 1 aromatic heterocycles. The maximum Gasteiger partial charge on any atom is 0.314 e. The number of hydrogen-bond acceptors (Lipinski definition) is 5. The van der Waals surface area contributed by atoms with Crippen molar-refractivity contribution in [1.82, 2.24) is 9.55 Å². The number of nitro benzene ring substituents is 1. The molecule has 3 aromatic rings. The molecular weight excluding hydrogens is 358 g/mol. The smallest absolute Gasteiger partial charge is 0.314 e. The maximum absolute atomic E-state index is 12.0. The van der Waals surface area contributed by atoms with Crippen molar-refractivity contribution in [2.24, 2.45) is 0 Å². The number of imidazole rings is 1. The van der Waals surface area contributed by atoms with Gasteiger partial charge in [0.2, 0.25) is 0 Å². The lowest BCUT2D eigenvalue weighted by atomic mass is 9.89. The molecule has 0 fully saturated rings. The molecule has 28 heavy (non-hydrogen) atoms. The van der Waals surface area contributed by atoms with E-state index in [1.54, 1.807) is 24.7 Å². The van der Waals surface area contributed by atoms with Crippen LogP contribution in [0.25, 0.3) is 5.69 Å². The minimum atomic E-state index is -0.438. The van der Waals surface area contributed by atoms with Crippen molar-refractivity contribution in [2.45, 2.75) is 25.7 Å². The highest BCUT2D eigenvalue weighted by Gasteiger charge is 2.29. The van der Waals surface area contributed by atoms with Gasteiger partial charge in [-0.15, -0.1) is 0 Å². The van der Waals surface area contributed by atoms with Crippen molar-refractivity contribution in [1.29, 1.82) is 0 Å². The Balaban J connectivity index is 1.55. The van der Waals surface area contributed by atoms with E-state index in [0.717, 1.165) is 11.3 Å². The summed E-state index contributed by atoms with van der Waals surface area (Å²) in [5.41, 5.74) is 2.92. The third-order valence-corrected chi connectivity index (χ3v) is 4.96. The molecule has 0 amide bonds. The summed E-state index contributed by atoms with van der Waals surface area (Å²) in [4.78, 5) is 27.3. The molecule has 0 aliphatic heterocycles. The van der Waals surface area contributed by atoms with Crippen molar-refractivity contribution >= 4 is 11.5 Å². The number of nitrogens with zero attached hydrogens (tertiary/aromatic N) is 3. The minimum absolute atomic E-state index is 0.0369. The zero-order valence-electron chi connectivity index (χ0n) is 15.2. The van der Waals surface area contributed by atoms with Gasteiger partial charge in [0, 0.05) is 42.0 Å². The number of hydrogen-bond donors (Lipinski definition) is 0. The largest absolute Gasteiger partial charge is 0.486 e. The lowest BCUT2D eigenvalue weighted by Gasteiger charge is -2.17. The number of carbonyl (C=O) groups excluding carboxylic acids is 1. The number of rotatable bonds is 6. The highest BCUT2D eigenvalue weighted by Crippen LogP contribution is 2.37. The predicted molar refractivity (Wildman–Crippen MR) is 103 cm³/mol. The predicted octanol–water partition coefficient (Wildman–Crippen LogP) is 3.92. The van der Waals surface area contributed by atoms with Crippen molar-refractivity contribution in [3.8, 4) is 11.4 Å². The van der Waals surface area contributed by atoms with Crippen LogP contribution in [0.1, 0.15) is 34.3 Å². The number of benzene rings is 2. The fourth-order valence-corrected chi connectivity index (χ4v) is 3.65. The van der Waals surface area contributed by atoms with Crippen LogP contribution in [0.3, 0.4) is 0 Å². The number of fused-ring (bicyclic) bond motifs is 1. The molecule has 0 bridgehead atoms. The molecule has 0 N–H and O–H groups in total. The van der Waals surface area contributed by atoms with E-state index in [4.69, 9.17) is 4.74 Å². The first-order valence-corrected chi connectivity index (χ1v) is 9.17. The summed E-state index contributed by atoms with van der Waals surface area (Å²) >= 11 is 0. The van der Waals surface area contributed by atoms with Gasteiger partial charge in [-0.05, 0) is 36.6 Å². The van der Waals surface area contributed by atoms with Crippen LogP contribution in [0.4, 0.5) is 5.69 Å². The first kappa shape index (κ1) is 17.9. The van der Waals surface area contributed by atoms with Crippen molar-refractivity contribution in [3.63, 3.8) is 0 Å². The molecule has 4 rings (SSSR count). The maximum atomic E-state index is 12.0. The topological polar surface area (TPSA) is 87.3 Å². The third kappa shape index (κ3) is 3.38. The Hall–Kier alpha value is -3.48. The first-order valence-electron chi connectivity index (χ1n) is 9.17. The highest BCUT2D eigenvalue weighted by atomic mass is 16.6. The van der Waals surface area contributed by atoms with E-state index < -0.39 is 4.92 Å². The van der Waals surface area contributed by atoms with E-state index in [1.165, 1.54) is 0 Å². The van der Waals surface area contributed by atoms with Crippen molar-refractivity contribution in [2.75, 3.05) is 6.61 Å². The first-order chi connectivity index (χ1) is 13.6. The molecular formula is C21H19N3O4. The number of Topliss-reactive ketones (excluding diaryl/α,β-unsaturated/α-hetero) is 1. The Labute approximate surface area is 161 Å². The zero-order valence-corrected chi connectivity index (χ0v) is 15.2. The molecule has 1 aliphatic rings. The Bertz CT molecular complexity index is 1030. The summed E-state index contributed by atoms with van der Waals surface area (Å²) in [6.45, 7) is 0.291. The molecule has 142 valence electrons. The lowest BCUT2D eigenvalue weighted by Crippen LogP contribution is -2.14. The van der Waals surface area contributed by atoms with Gasteiger partial charge in [0.1, 0.15) is 0 Å². The second-order valence-corrected chi connectivity index (χ2v) is 6.67. The third-order valence-electron chi connectivity index (χ3n) is 4.96. The quantitative estimate of drug-likeness (QED) is 0.480. The number of carbonyl (C=O) groups is 1. The van der Waals surface area contributed by atoms with E-state index in [2.05, 4.69) is 4.98 Å². The van der Waals surface area contributed by atoms with Gasteiger partial charge in [0.05, 0.1) is 17.9 Å². The van der Waals surface area contributed by atoms with Crippen LogP contribution in [0.5, 0.6) is 5.75 Å². The van der Waals surface area contributed by atoms with Crippen LogP contribution in [0, 0.1) is 10.1 Å². The van der Waals surface area contributed by atoms with Crippen LogP contribution in [-0.4, -0.2) is 26.9 Å². The summed E-state index contributed by atoms with van der Waals surface area (Å²) in [5, 5.41) is 11.6. The molecule has 0 atom stereocenters. The molecule has 0 saturated heterocycles. The fourth-order valence-electron chi connectivity index (χ4n) is 3.65. The Morgan fingerprint density at radius 2 is 2.04 bits per heavy atom. The summed E-state index contributed by atoms with van der Waals surface area (Å²) in [5.74, 6) is 0.184. The zero-order chi connectivity index (χ0) is 19.5. The fraction of sp³-hybridized carbons (Fsp3) is 0.238. The van der Waals surface area contributed by atoms with Crippen LogP contribution in [0.15, 0.2) is 55.1 Å². The Kier molecular flexibility index (Phi) is 4.89. The van der Waals surface area contributed by atoms with E-state index in [0.29, 0.717) is 43.4 Å². The Morgan fingerprint density at radius 3 is 2.82 bits per heavy atom. The van der Waals surface area contributed by atoms with E-state index in [1.807, 2.05) is 35.0 Å². The van der Waals surface area contributed by atoms with Crippen LogP contribution in [-0.2, 0) is 12.8 Å². The molecule has 0 saturated carbocycles. The number of aromatic nitrogens is 2. The van der Waals surface area contributed by atoms with Crippen molar-refractivity contribution in [3.05, 3.63) is 81.9 Å². The second kappa shape index (κ2) is 7.64. The molecule has 7 nitrogen and oxygen atoms in total.